The molecule has 1 aromatic carbocycles. The minimum absolute atomic E-state index is 0.132. The Labute approximate surface area is 122 Å². The summed E-state index contributed by atoms with van der Waals surface area (Å²) in [5.74, 6) is 1.13. The second-order valence-corrected chi connectivity index (χ2v) is 4.92. The van der Waals surface area contributed by atoms with Gasteiger partial charge >= 0.3 is 5.97 Å². The molecule has 1 unspecified atom stereocenters. The van der Waals surface area contributed by atoms with Gasteiger partial charge in [-0.2, -0.15) is 0 Å². The first-order valence-corrected chi connectivity index (χ1v) is 6.77. The Balaban J connectivity index is 1.96. The van der Waals surface area contributed by atoms with Gasteiger partial charge in [0.05, 0.1) is 24.9 Å². The molecule has 0 saturated carbocycles. The molecule has 5 heteroatoms. The predicted octanol–water partition coefficient (Wildman–Crippen LogP) is 2.73. The molecule has 0 amide bonds. The Bertz CT molecular complexity index is 685. The lowest BCUT2D eigenvalue weighted by Crippen LogP contribution is -2.28. The highest BCUT2D eigenvalue weighted by Gasteiger charge is 2.17. The molecule has 1 aromatic heterocycles. The zero-order valence-corrected chi connectivity index (χ0v) is 11.9. The fourth-order valence-corrected chi connectivity index (χ4v) is 2.25. The van der Waals surface area contributed by atoms with Crippen molar-refractivity contribution in [2.45, 2.75) is 13.0 Å². The summed E-state index contributed by atoms with van der Waals surface area (Å²) >= 11 is 0. The first kappa shape index (κ1) is 13.4. The zero-order chi connectivity index (χ0) is 14.8. The van der Waals surface area contributed by atoms with E-state index in [1.165, 1.54) is 7.11 Å². The Hall–Kier alpha value is -2.56. The van der Waals surface area contributed by atoms with Crippen molar-refractivity contribution in [3.05, 3.63) is 42.0 Å². The van der Waals surface area contributed by atoms with Gasteiger partial charge in [0, 0.05) is 5.56 Å². The zero-order valence-electron chi connectivity index (χ0n) is 11.9. The average molecular weight is 284 g/mol. The molecule has 2 heterocycles. The number of hydrogen-bond donors (Lipinski definition) is 1. The standard InChI is InChI=1S/C16H16N2O3/c1-10-9-17-15-14(21-10)7-6-13(18-15)11-4-3-5-12(8-11)16(19)20-2/h3-8,10H,9H2,1-2H3,(H,17,18). The Morgan fingerprint density at radius 1 is 1.38 bits per heavy atom. The van der Waals surface area contributed by atoms with Gasteiger partial charge in [-0.3, -0.25) is 0 Å². The Kier molecular flexibility index (Phi) is 3.48. The van der Waals surface area contributed by atoms with Crippen molar-refractivity contribution in [2.75, 3.05) is 19.0 Å². The summed E-state index contributed by atoms with van der Waals surface area (Å²) < 4.78 is 10.4. The van der Waals surface area contributed by atoms with Crippen LogP contribution in [-0.4, -0.2) is 30.7 Å². The number of nitrogens with one attached hydrogen (secondary N) is 1. The van der Waals surface area contributed by atoms with Crippen LogP contribution >= 0.6 is 0 Å². The first-order valence-electron chi connectivity index (χ1n) is 6.77. The molecule has 21 heavy (non-hydrogen) atoms. The summed E-state index contributed by atoms with van der Waals surface area (Å²) in [6.07, 6.45) is 0.132. The van der Waals surface area contributed by atoms with Gasteiger partial charge < -0.3 is 14.8 Å². The van der Waals surface area contributed by atoms with E-state index in [1.54, 1.807) is 12.1 Å². The van der Waals surface area contributed by atoms with Crippen molar-refractivity contribution in [2.24, 2.45) is 0 Å². The second-order valence-electron chi connectivity index (χ2n) is 4.92. The normalized spacial score (nSPS) is 16.4. The lowest BCUT2D eigenvalue weighted by atomic mass is 10.1. The highest BCUT2D eigenvalue weighted by Crippen LogP contribution is 2.30. The lowest BCUT2D eigenvalue weighted by Gasteiger charge is -2.24. The van der Waals surface area contributed by atoms with Crippen LogP contribution in [0.4, 0.5) is 5.82 Å². The van der Waals surface area contributed by atoms with Crippen LogP contribution in [0.15, 0.2) is 36.4 Å². The second kappa shape index (κ2) is 5.44. The van der Waals surface area contributed by atoms with Crippen LogP contribution in [0.2, 0.25) is 0 Å². The maximum Gasteiger partial charge on any atom is 0.337 e. The summed E-state index contributed by atoms with van der Waals surface area (Å²) in [4.78, 5) is 16.1. The minimum Gasteiger partial charge on any atom is -0.485 e. The number of anilines is 1. The summed E-state index contributed by atoms with van der Waals surface area (Å²) in [5, 5.41) is 3.24. The quantitative estimate of drug-likeness (QED) is 0.859. The van der Waals surface area contributed by atoms with Gasteiger partial charge in [0.15, 0.2) is 11.6 Å². The van der Waals surface area contributed by atoms with Crippen LogP contribution in [0.1, 0.15) is 17.3 Å². The van der Waals surface area contributed by atoms with E-state index in [2.05, 4.69) is 10.3 Å². The fourth-order valence-electron chi connectivity index (χ4n) is 2.25. The van der Waals surface area contributed by atoms with Crippen molar-refractivity contribution in [3.63, 3.8) is 0 Å². The number of hydrogen-bond acceptors (Lipinski definition) is 5. The molecule has 2 aromatic rings. The van der Waals surface area contributed by atoms with Gasteiger partial charge in [-0.1, -0.05) is 12.1 Å². The number of methoxy groups -OCH3 is 1. The van der Waals surface area contributed by atoms with Crippen molar-refractivity contribution in [3.8, 4) is 17.0 Å². The molecule has 0 bridgehead atoms. The van der Waals surface area contributed by atoms with Crippen LogP contribution in [0, 0.1) is 0 Å². The molecule has 0 saturated heterocycles. The van der Waals surface area contributed by atoms with E-state index in [9.17, 15) is 4.79 Å². The monoisotopic (exact) mass is 284 g/mol. The maximum atomic E-state index is 11.6. The van der Waals surface area contributed by atoms with Gasteiger partial charge in [-0.05, 0) is 31.2 Å². The van der Waals surface area contributed by atoms with E-state index in [0.29, 0.717) is 5.56 Å². The van der Waals surface area contributed by atoms with Crippen molar-refractivity contribution in [1.29, 1.82) is 0 Å². The number of esters is 1. The van der Waals surface area contributed by atoms with E-state index >= 15 is 0 Å². The Morgan fingerprint density at radius 2 is 2.24 bits per heavy atom. The molecule has 1 N–H and O–H groups in total. The largest absolute Gasteiger partial charge is 0.485 e. The summed E-state index contributed by atoms with van der Waals surface area (Å²) in [7, 11) is 1.37. The van der Waals surface area contributed by atoms with Gasteiger partial charge in [-0.25, -0.2) is 9.78 Å². The van der Waals surface area contributed by atoms with Crippen molar-refractivity contribution in [1.82, 2.24) is 4.98 Å². The van der Waals surface area contributed by atoms with E-state index in [0.717, 1.165) is 29.4 Å². The summed E-state index contributed by atoms with van der Waals surface area (Å²) in [5.41, 5.74) is 2.15. The highest BCUT2D eigenvalue weighted by molar-refractivity contribution is 5.90. The lowest BCUT2D eigenvalue weighted by molar-refractivity contribution is 0.0601. The van der Waals surface area contributed by atoms with Crippen LogP contribution < -0.4 is 10.1 Å². The molecule has 0 radical (unpaired) electrons. The number of benzene rings is 1. The van der Waals surface area contributed by atoms with E-state index < -0.39 is 0 Å². The van der Waals surface area contributed by atoms with Gasteiger partial charge in [0.25, 0.3) is 0 Å². The molecule has 5 nitrogen and oxygen atoms in total. The number of pyridine rings is 1. The Morgan fingerprint density at radius 3 is 3.05 bits per heavy atom. The molecule has 1 aliphatic heterocycles. The van der Waals surface area contributed by atoms with E-state index in [4.69, 9.17) is 9.47 Å². The summed E-state index contributed by atoms with van der Waals surface area (Å²) in [6.45, 7) is 2.73. The molecular formula is C16H16N2O3. The fraction of sp³-hybridized carbons (Fsp3) is 0.250. The van der Waals surface area contributed by atoms with Gasteiger partial charge in [-0.15, -0.1) is 0 Å². The van der Waals surface area contributed by atoms with E-state index in [-0.39, 0.29) is 12.1 Å². The number of carbonyl (C=O) groups is 1. The highest BCUT2D eigenvalue weighted by atomic mass is 16.5. The number of rotatable bonds is 2. The smallest absolute Gasteiger partial charge is 0.337 e. The molecule has 108 valence electrons. The number of ether oxygens (including phenoxy) is 2. The van der Waals surface area contributed by atoms with Crippen LogP contribution in [-0.2, 0) is 4.74 Å². The molecule has 0 fully saturated rings. The number of aromatic nitrogens is 1. The number of carbonyl (C=O) groups excluding carboxylic acids is 1. The third-order valence-corrected chi connectivity index (χ3v) is 3.32. The summed E-state index contributed by atoms with van der Waals surface area (Å²) in [6, 6.07) is 11.0. The first-order chi connectivity index (χ1) is 10.2. The molecule has 0 spiro atoms. The van der Waals surface area contributed by atoms with Crippen LogP contribution in [0.5, 0.6) is 5.75 Å². The van der Waals surface area contributed by atoms with Gasteiger partial charge in [0.1, 0.15) is 6.10 Å². The molecule has 3 rings (SSSR count). The van der Waals surface area contributed by atoms with Crippen molar-refractivity contribution < 1.29 is 14.3 Å². The molecular weight excluding hydrogens is 268 g/mol. The van der Waals surface area contributed by atoms with Crippen molar-refractivity contribution >= 4 is 11.8 Å². The van der Waals surface area contributed by atoms with Gasteiger partial charge in [0.2, 0.25) is 0 Å². The van der Waals surface area contributed by atoms with Crippen LogP contribution in [0.25, 0.3) is 11.3 Å². The third kappa shape index (κ3) is 2.67. The number of nitrogens with zero attached hydrogens (tertiary/aromatic N) is 1. The average Bonchev–Trinajstić information content (AvgIpc) is 2.53. The molecule has 0 aliphatic carbocycles. The maximum absolute atomic E-state index is 11.6. The minimum atomic E-state index is -0.356. The van der Waals surface area contributed by atoms with Crippen LogP contribution in [0.3, 0.4) is 0 Å². The SMILES string of the molecule is COC(=O)c1cccc(-c2ccc3c(n2)NCC(C)O3)c1. The third-order valence-electron chi connectivity index (χ3n) is 3.32. The van der Waals surface area contributed by atoms with E-state index in [1.807, 2.05) is 31.2 Å². The number of fused-ring (bicyclic) bond motifs is 1. The molecule has 1 aliphatic rings. The predicted molar refractivity (Wildman–Crippen MR) is 79.6 cm³/mol. The molecule has 1 atom stereocenters. The topological polar surface area (TPSA) is 60.5 Å².